The molecule has 164 valence electrons. The van der Waals surface area contributed by atoms with Gasteiger partial charge in [-0.2, -0.15) is 4.31 Å². The van der Waals surface area contributed by atoms with Gasteiger partial charge in [0.25, 0.3) is 0 Å². The van der Waals surface area contributed by atoms with Crippen LogP contribution in [0.25, 0.3) is 0 Å². The van der Waals surface area contributed by atoms with Gasteiger partial charge >= 0.3 is 0 Å². The van der Waals surface area contributed by atoms with Crippen LogP contribution in [0.1, 0.15) is 50.8 Å². The highest BCUT2D eigenvalue weighted by atomic mass is 32.2. The van der Waals surface area contributed by atoms with E-state index in [-0.39, 0.29) is 23.8 Å². The summed E-state index contributed by atoms with van der Waals surface area (Å²) in [5.74, 6) is 0.246. The quantitative estimate of drug-likeness (QED) is 0.682. The first-order valence-electron chi connectivity index (χ1n) is 10.8. The molecule has 2 aromatic carbocycles. The summed E-state index contributed by atoms with van der Waals surface area (Å²) in [6.07, 6.45) is 1.38. The van der Waals surface area contributed by atoms with Crippen molar-refractivity contribution in [2.24, 2.45) is 5.92 Å². The van der Waals surface area contributed by atoms with Gasteiger partial charge in [-0.15, -0.1) is 0 Å². The van der Waals surface area contributed by atoms with Crippen LogP contribution in [-0.4, -0.2) is 43.6 Å². The van der Waals surface area contributed by atoms with E-state index < -0.39 is 10.0 Å². The molecular formula is C24H34N2O3S. The molecule has 0 saturated carbocycles. The van der Waals surface area contributed by atoms with E-state index in [2.05, 4.69) is 17.0 Å². The van der Waals surface area contributed by atoms with Gasteiger partial charge in [0.15, 0.2) is 0 Å². The highest BCUT2D eigenvalue weighted by Gasteiger charge is 2.29. The third-order valence-electron chi connectivity index (χ3n) is 5.73. The molecule has 0 aromatic heterocycles. The minimum absolute atomic E-state index is 0.0130. The monoisotopic (exact) mass is 430 g/mol. The molecule has 1 aliphatic rings. The fourth-order valence-corrected chi connectivity index (χ4v) is 5.90. The van der Waals surface area contributed by atoms with Crippen molar-refractivity contribution in [2.45, 2.75) is 51.5 Å². The normalized spacial score (nSPS) is 16.9. The average Bonchev–Trinajstić information content (AvgIpc) is 2.72. The Morgan fingerprint density at radius 3 is 2.17 bits per heavy atom. The smallest absolute Gasteiger partial charge is 0.218 e. The minimum Gasteiger partial charge on any atom is -0.393 e. The van der Waals surface area contributed by atoms with Gasteiger partial charge in [-0.3, -0.25) is 0 Å². The number of hydrogen-bond acceptors (Lipinski definition) is 4. The molecule has 0 aliphatic carbocycles. The Morgan fingerprint density at radius 2 is 1.60 bits per heavy atom. The van der Waals surface area contributed by atoms with Crippen molar-refractivity contribution in [3.05, 3.63) is 65.7 Å². The summed E-state index contributed by atoms with van der Waals surface area (Å²) in [7, 11) is -3.46. The van der Waals surface area contributed by atoms with Crippen molar-refractivity contribution in [3.63, 3.8) is 0 Å². The first-order valence-corrected chi connectivity index (χ1v) is 12.4. The number of aliphatic hydroxyl groups excluding tert-OH is 1. The Labute approximate surface area is 181 Å². The van der Waals surface area contributed by atoms with Crippen molar-refractivity contribution >= 4 is 15.7 Å². The number of benzene rings is 2. The van der Waals surface area contributed by atoms with Crippen LogP contribution >= 0.6 is 0 Å². The topological polar surface area (TPSA) is 60.9 Å². The lowest BCUT2D eigenvalue weighted by atomic mass is 10.0. The van der Waals surface area contributed by atoms with Crippen molar-refractivity contribution in [2.75, 3.05) is 24.5 Å². The Balaban J connectivity index is 1.78. The van der Waals surface area contributed by atoms with E-state index in [0.29, 0.717) is 6.54 Å². The van der Waals surface area contributed by atoms with E-state index in [1.165, 1.54) is 0 Å². The Morgan fingerprint density at radius 1 is 1.00 bits per heavy atom. The molecule has 1 fully saturated rings. The van der Waals surface area contributed by atoms with E-state index in [4.69, 9.17) is 0 Å². The molecule has 1 aliphatic heterocycles. The summed E-state index contributed by atoms with van der Waals surface area (Å²) >= 11 is 0. The summed E-state index contributed by atoms with van der Waals surface area (Å²) in [5, 5.41) is 9.72. The predicted molar refractivity (Wildman–Crippen MR) is 123 cm³/mol. The Bertz CT molecular complexity index is 890. The van der Waals surface area contributed by atoms with E-state index in [1.807, 2.05) is 63.2 Å². The standard InChI is InChI=1S/C24H34N2O3S/c1-19(2)17-26(30(28,29)18-21-7-5-4-6-8-21)20(3)22-9-11-23(12-10-22)25-15-13-24(27)14-16-25/h4-12,19-20,24,27H,13-18H2,1-3H3/t20-/m0/s1. The Hall–Kier alpha value is -1.89. The maximum Gasteiger partial charge on any atom is 0.218 e. The first-order chi connectivity index (χ1) is 14.3. The molecule has 6 heteroatoms. The van der Waals surface area contributed by atoms with Gasteiger partial charge in [0, 0.05) is 31.4 Å². The molecule has 30 heavy (non-hydrogen) atoms. The van der Waals surface area contributed by atoms with Crippen molar-refractivity contribution < 1.29 is 13.5 Å². The highest BCUT2D eigenvalue weighted by molar-refractivity contribution is 7.88. The Kier molecular flexibility index (Phi) is 7.55. The lowest BCUT2D eigenvalue weighted by molar-refractivity contribution is 0.145. The zero-order valence-corrected chi connectivity index (χ0v) is 19.1. The van der Waals surface area contributed by atoms with E-state index in [1.54, 1.807) is 4.31 Å². The fourth-order valence-electron chi connectivity index (χ4n) is 3.99. The van der Waals surface area contributed by atoms with Crippen molar-refractivity contribution in [3.8, 4) is 0 Å². The average molecular weight is 431 g/mol. The van der Waals surface area contributed by atoms with Crippen LogP contribution in [0.4, 0.5) is 5.69 Å². The molecule has 1 heterocycles. The molecule has 1 atom stereocenters. The van der Waals surface area contributed by atoms with Crippen LogP contribution in [-0.2, 0) is 15.8 Å². The molecule has 1 N–H and O–H groups in total. The molecule has 0 spiro atoms. The minimum atomic E-state index is -3.46. The number of anilines is 1. The third kappa shape index (κ3) is 5.84. The molecule has 0 radical (unpaired) electrons. The zero-order valence-electron chi connectivity index (χ0n) is 18.2. The lowest BCUT2D eigenvalue weighted by Gasteiger charge is -2.33. The summed E-state index contributed by atoms with van der Waals surface area (Å²) in [5.41, 5.74) is 2.93. The van der Waals surface area contributed by atoms with E-state index in [9.17, 15) is 13.5 Å². The van der Waals surface area contributed by atoms with Crippen LogP contribution in [0.5, 0.6) is 0 Å². The number of rotatable bonds is 8. The summed E-state index contributed by atoms with van der Waals surface area (Å²) in [6.45, 7) is 8.25. The summed E-state index contributed by atoms with van der Waals surface area (Å²) in [6, 6.07) is 17.3. The zero-order chi connectivity index (χ0) is 21.7. The molecular weight excluding hydrogens is 396 g/mol. The number of sulfonamides is 1. The van der Waals surface area contributed by atoms with Gasteiger partial charge in [0.05, 0.1) is 11.9 Å². The predicted octanol–water partition coefficient (Wildman–Crippen LogP) is 4.20. The van der Waals surface area contributed by atoms with Crippen LogP contribution in [0.15, 0.2) is 54.6 Å². The number of aliphatic hydroxyl groups is 1. The first kappa shape index (κ1) is 22.8. The van der Waals surface area contributed by atoms with Gasteiger partial charge in [0.2, 0.25) is 10.0 Å². The number of piperidine rings is 1. The maximum atomic E-state index is 13.3. The second-order valence-electron chi connectivity index (χ2n) is 8.69. The second-order valence-corrected chi connectivity index (χ2v) is 10.6. The summed E-state index contributed by atoms with van der Waals surface area (Å²) < 4.78 is 28.2. The molecule has 0 bridgehead atoms. The van der Waals surface area contributed by atoms with Crippen LogP contribution in [0, 0.1) is 5.92 Å². The second kappa shape index (κ2) is 9.94. The van der Waals surface area contributed by atoms with Crippen LogP contribution in [0.2, 0.25) is 0 Å². The molecule has 1 saturated heterocycles. The van der Waals surface area contributed by atoms with E-state index >= 15 is 0 Å². The molecule has 3 rings (SSSR count). The third-order valence-corrected chi connectivity index (χ3v) is 7.61. The molecule has 2 aromatic rings. The van der Waals surface area contributed by atoms with Gasteiger partial charge in [-0.1, -0.05) is 56.3 Å². The van der Waals surface area contributed by atoms with Crippen LogP contribution in [0.3, 0.4) is 0 Å². The van der Waals surface area contributed by atoms with Crippen molar-refractivity contribution in [1.82, 2.24) is 4.31 Å². The van der Waals surface area contributed by atoms with Gasteiger partial charge < -0.3 is 10.0 Å². The molecule has 0 unspecified atom stereocenters. The van der Waals surface area contributed by atoms with Gasteiger partial charge in [0.1, 0.15) is 0 Å². The van der Waals surface area contributed by atoms with Crippen molar-refractivity contribution in [1.29, 1.82) is 0 Å². The lowest BCUT2D eigenvalue weighted by Crippen LogP contribution is -2.37. The van der Waals surface area contributed by atoms with Crippen LogP contribution < -0.4 is 4.90 Å². The van der Waals surface area contributed by atoms with Gasteiger partial charge in [-0.05, 0) is 48.9 Å². The molecule has 5 nitrogen and oxygen atoms in total. The van der Waals surface area contributed by atoms with Gasteiger partial charge in [-0.25, -0.2) is 8.42 Å². The largest absolute Gasteiger partial charge is 0.393 e. The highest BCUT2D eigenvalue weighted by Crippen LogP contribution is 2.29. The molecule has 0 amide bonds. The fraction of sp³-hybridized carbons (Fsp3) is 0.500. The summed E-state index contributed by atoms with van der Waals surface area (Å²) in [4.78, 5) is 2.28. The van der Waals surface area contributed by atoms with E-state index in [0.717, 1.165) is 42.7 Å². The number of nitrogens with zero attached hydrogens (tertiary/aromatic N) is 2. The number of hydrogen-bond donors (Lipinski definition) is 1. The SMILES string of the molecule is CC(C)CN([C@@H](C)c1ccc(N2CCC(O)CC2)cc1)S(=O)(=O)Cc1ccccc1. The maximum absolute atomic E-state index is 13.3.